The summed E-state index contributed by atoms with van der Waals surface area (Å²) in [6, 6.07) is 8.34. The molecule has 2 aromatic heterocycles. The molecule has 11 heteroatoms. The molecule has 3 aromatic rings. The van der Waals surface area contributed by atoms with Gasteiger partial charge >= 0.3 is 6.18 Å². The molecule has 2 N–H and O–H groups in total. The number of aromatic nitrogens is 2. The van der Waals surface area contributed by atoms with Crippen molar-refractivity contribution in [3.8, 4) is 6.07 Å². The molecule has 3 heterocycles. The number of hydrogen-bond donors (Lipinski definition) is 2. The monoisotopic (exact) mass is 519 g/mol. The summed E-state index contributed by atoms with van der Waals surface area (Å²) in [5.74, 6) is -0.800. The summed E-state index contributed by atoms with van der Waals surface area (Å²) >= 11 is 7.77. The van der Waals surface area contributed by atoms with E-state index in [4.69, 9.17) is 11.6 Å². The van der Waals surface area contributed by atoms with Crippen molar-refractivity contribution in [3.63, 3.8) is 0 Å². The van der Waals surface area contributed by atoms with Gasteiger partial charge in [-0.05, 0) is 36.8 Å². The fraction of sp³-hybridized carbons (Fsp3) is 0.375. The molecule has 0 saturated carbocycles. The van der Waals surface area contributed by atoms with Crippen LogP contribution in [-0.4, -0.2) is 21.9 Å². The minimum atomic E-state index is -4.59. The van der Waals surface area contributed by atoms with E-state index in [1.54, 1.807) is 30.3 Å². The Hall–Kier alpha value is -3.03. The third-order valence-corrected chi connectivity index (χ3v) is 8.04. The van der Waals surface area contributed by atoms with E-state index in [2.05, 4.69) is 21.8 Å². The largest absolute Gasteiger partial charge is 0.410 e. The predicted molar refractivity (Wildman–Crippen MR) is 128 cm³/mol. The Balaban J connectivity index is 1.49. The maximum Gasteiger partial charge on any atom is 0.410 e. The quantitative estimate of drug-likeness (QED) is 0.379. The van der Waals surface area contributed by atoms with Crippen LogP contribution >= 0.6 is 22.9 Å². The first-order valence-corrected chi connectivity index (χ1v) is 12.5. The minimum Gasteiger partial charge on any atom is -0.362 e. The summed E-state index contributed by atoms with van der Waals surface area (Å²) in [6.45, 7) is 0. The molecule has 0 radical (unpaired) electrons. The van der Waals surface area contributed by atoms with Gasteiger partial charge in [0.1, 0.15) is 21.9 Å². The number of carbonyl (C=O) groups excluding carboxylic acids is 1. The second-order valence-corrected chi connectivity index (χ2v) is 10.2. The van der Waals surface area contributed by atoms with Crippen molar-refractivity contribution in [2.24, 2.45) is 0 Å². The Labute approximate surface area is 208 Å². The van der Waals surface area contributed by atoms with Crippen LogP contribution < -0.4 is 10.6 Å². The number of carbonyl (C=O) groups is 1. The Morgan fingerprint density at radius 1 is 1.23 bits per heavy atom. The summed E-state index contributed by atoms with van der Waals surface area (Å²) in [5.41, 5.74) is 1.72. The molecule has 0 bridgehead atoms. The third kappa shape index (κ3) is 4.39. The highest BCUT2D eigenvalue weighted by molar-refractivity contribution is 7.16. The third-order valence-electron chi connectivity index (χ3n) is 6.47. The molecule has 1 aromatic carbocycles. The van der Waals surface area contributed by atoms with E-state index in [1.807, 2.05) is 0 Å². The number of anilines is 2. The number of thiophene rings is 1. The lowest BCUT2D eigenvalue weighted by Crippen LogP contribution is -2.35. The van der Waals surface area contributed by atoms with Crippen molar-refractivity contribution in [2.45, 2.75) is 56.8 Å². The lowest BCUT2D eigenvalue weighted by Gasteiger charge is -2.33. The van der Waals surface area contributed by atoms with Gasteiger partial charge in [-0.15, -0.1) is 11.3 Å². The first-order chi connectivity index (χ1) is 16.8. The normalized spacial score (nSPS) is 19.6. The molecular weight excluding hydrogens is 499 g/mol. The van der Waals surface area contributed by atoms with Gasteiger partial charge in [0.15, 0.2) is 11.7 Å². The van der Waals surface area contributed by atoms with Crippen LogP contribution in [0, 0.1) is 11.3 Å². The first-order valence-electron chi connectivity index (χ1n) is 11.3. The number of nitrogens with one attached hydrogen (secondary N) is 2. The molecule has 5 rings (SSSR count). The summed E-state index contributed by atoms with van der Waals surface area (Å²) in [6.07, 6.45) is -0.218. The van der Waals surface area contributed by atoms with Crippen LogP contribution in [0.5, 0.6) is 0 Å². The van der Waals surface area contributed by atoms with Gasteiger partial charge in [-0.25, -0.2) is 4.68 Å². The second-order valence-electron chi connectivity index (χ2n) is 8.69. The number of nitrogens with zero attached hydrogens (tertiary/aromatic N) is 3. The van der Waals surface area contributed by atoms with Crippen molar-refractivity contribution < 1.29 is 18.0 Å². The smallest absolute Gasteiger partial charge is 0.362 e. The fourth-order valence-electron chi connectivity index (χ4n) is 4.75. The molecule has 0 spiro atoms. The number of aryl methyl sites for hydroxylation is 1. The Bertz CT molecular complexity index is 1310. The van der Waals surface area contributed by atoms with Crippen LogP contribution in [0.15, 0.2) is 30.3 Å². The van der Waals surface area contributed by atoms with Crippen molar-refractivity contribution in [2.75, 3.05) is 10.6 Å². The van der Waals surface area contributed by atoms with Gasteiger partial charge in [0.25, 0.3) is 5.91 Å². The summed E-state index contributed by atoms with van der Waals surface area (Å²) in [5, 5.41) is 19.6. The Kier molecular flexibility index (Phi) is 6.23. The second kappa shape index (κ2) is 9.21. The zero-order valence-electron chi connectivity index (χ0n) is 18.5. The topological polar surface area (TPSA) is 82.7 Å². The average Bonchev–Trinajstić information content (AvgIpc) is 3.24. The average molecular weight is 520 g/mol. The van der Waals surface area contributed by atoms with E-state index in [1.165, 1.54) is 11.3 Å². The molecule has 2 atom stereocenters. The Morgan fingerprint density at radius 2 is 1.97 bits per heavy atom. The van der Waals surface area contributed by atoms with Gasteiger partial charge in [-0.1, -0.05) is 48.4 Å². The highest BCUT2D eigenvalue weighted by Gasteiger charge is 2.48. The zero-order valence-corrected chi connectivity index (χ0v) is 20.0. The number of fused-ring (bicyclic) bond motifs is 2. The lowest BCUT2D eigenvalue weighted by molar-refractivity contribution is -0.173. The van der Waals surface area contributed by atoms with Crippen molar-refractivity contribution in [1.82, 2.24) is 9.78 Å². The van der Waals surface area contributed by atoms with Crippen molar-refractivity contribution in [3.05, 3.63) is 62.6 Å². The van der Waals surface area contributed by atoms with E-state index >= 15 is 0 Å². The van der Waals surface area contributed by atoms with Crippen molar-refractivity contribution in [1.29, 1.82) is 5.26 Å². The summed E-state index contributed by atoms with van der Waals surface area (Å²) in [7, 11) is 0. The fourth-order valence-corrected chi connectivity index (χ4v) is 6.25. The minimum absolute atomic E-state index is 0.0540. The molecule has 0 saturated heterocycles. The number of hydrogen-bond acceptors (Lipinski definition) is 5. The number of benzene rings is 1. The molecule has 0 fully saturated rings. The van der Waals surface area contributed by atoms with Crippen molar-refractivity contribution >= 4 is 39.7 Å². The number of halogens is 4. The molecule has 1 aliphatic carbocycles. The molecule has 35 heavy (non-hydrogen) atoms. The number of alkyl halides is 3. The van der Waals surface area contributed by atoms with Crippen LogP contribution in [-0.2, 0) is 12.8 Å². The first kappa shape index (κ1) is 23.7. The van der Waals surface area contributed by atoms with Gasteiger partial charge in [0.2, 0.25) is 0 Å². The Morgan fingerprint density at radius 3 is 2.69 bits per heavy atom. The number of nitriles is 1. The maximum absolute atomic E-state index is 14.0. The lowest BCUT2D eigenvalue weighted by atomic mass is 9.97. The van der Waals surface area contributed by atoms with Gasteiger partial charge in [0.05, 0.1) is 11.6 Å². The van der Waals surface area contributed by atoms with Crippen LogP contribution in [0.4, 0.5) is 24.0 Å². The standard InChI is InChI=1S/C24H21ClF3N5OS/c25-19-20(22(34)31-23-15(12-29)14-9-5-2-6-10-17(14)35-23)32-33-18(24(26,27)28)11-16(30-21(19)33)13-7-3-1-4-8-13/h1,3-4,7-8,16,18,30H,2,5-6,9-11H2,(H,31,34)/t16-,18-/m0/s1. The van der Waals surface area contributed by atoms with Crippen LogP contribution in [0.3, 0.4) is 0 Å². The number of amides is 1. The van der Waals surface area contributed by atoms with E-state index < -0.39 is 24.2 Å². The summed E-state index contributed by atoms with van der Waals surface area (Å²) < 4.78 is 42.7. The van der Waals surface area contributed by atoms with Gasteiger partial charge in [-0.3, -0.25) is 4.79 Å². The van der Waals surface area contributed by atoms with Crippen LogP contribution in [0.25, 0.3) is 0 Å². The molecule has 6 nitrogen and oxygen atoms in total. The highest BCUT2D eigenvalue weighted by Crippen LogP contribution is 2.46. The van der Waals surface area contributed by atoms with Gasteiger partial charge in [-0.2, -0.15) is 23.5 Å². The van der Waals surface area contributed by atoms with E-state index in [0.717, 1.165) is 47.2 Å². The molecule has 0 unspecified atom stereocenters. The van der Waals surface area contributed by atoms with E-state index in [-0.39, 0.29) is 23.0 Å². The molecule has 1 amide bonds. The summed E-state index contributed by atoms with van der Waals surface area (Å²) in [4.78, 5) is 14.2. The SMILES string of the molecule is N#Cc1c(NC(=O)c2nn3c(c2Cl)N[C@H](c2ccccc2)C[C@H]3C(F)(F)F)sc2c1CCCCC2. The molecule has 182 valence electrons. The maximum atomic E-state index is 14.0. The molecule has 1 aliphatic heterocycles. The van der Waals surface area contributed by atoms with E-state index in [9.17, 15) is 23.2 Å². The zero-order chi connectivity index (χ0) is 24.7. The van der Waals surface area contributed by atoms with E-state index in [0.29, 0.717) is 16.1 Å². The molecular formula is C24H21ClF3N5OS. The van der Waals surface area contributed by atoms with Gasteiger partial charge in [0, 0.05) is 11.3 Å². The predicted octanol–water partition coefficient (Wildman–Crippen LogP) is 6.65. The van der Waals surface area contributed by atoms with Crippen LogP contribution in [0.2, 0.25) is 5.02 Å². The molecule has 2 aliphatic rings. The number of rotatable bonds is 3. The highest BCUT2D eigenvalue weighted by atomic mass is 35.5. The van der Waals surface area contributed by atoms with Crippen LogP contribution in [0.1, 0.15) is 69.8 Å². The van der Waals surface area contributed by atoms with Gasteiger partial charge < -0.3 is 10.6 Å².